The Kier molecular flexibility index (Phi) is 4.78. The Labute approximate surface area is 120 Å². The van der Waals surface area contributed by atoms with E-state index in [9.17, 15) is 12.8 Å². The highest BCUT2D eigenvalue weighted by Gasteiger charge is 2.25. The van der Waals surface area contributed by atoms with Gasteiger partial charge in [-0.05, 0) is 30.5 Å². The van der Waals surface area contributed by atoms with Crippen LogP contribution in [0, 0.1) is 5.82 Å². The van der Waals surface area contributed by atoms with Crippen LogP contribution in [0.15, 0.2) is 23.1 Å². The van der Waals surface area contributed by atoms with Gasteiger partial charge in [0.1, 0.15) is 10.7 Å². The lowest BCUT2D eigenvalue weighted by atomic mass is 10.2. The fraction of sp³-hybridized carbons (Fsp3) is 0.571. The van der Waals surface area contributed by atoms with Crippen LogP contribution in [0.2, 0.25) is 0 Å². The second-order valence-corrected chi connectivity index (χ2v) is 6.92. The molecule has 1 N–H and O–H groups in total. The molecule has 2 rings (SSSR count). The van der Waals surface area contributed by atoms with Gasteiger partial charge in [-0.2, -0.15) is 4.31 Å². The number of nitrogens with one attached hydrogen (secondary N) is 1. The summed E-state index contributed by atoms with van der Waals surface area (Å²) < 4.78 is 39.9. The molecule has 0 aliphatic heterocycles. The van der Waals surface area contributed by atoms with Gasteiger partial charge >= 0.3 is 0 Å². The number of benzene rings is 1. The van der Waals surface area contributed by atoms with E-state index in [-0.39, 0.29) is 4.90 Å². The monoisotopic (exact) mass is 300 g/mol. The van der Waals surface area contributed by atoms with Gasteiger partial charge in [-0.1, -0.05) is 19.9 Å². The van der Waals surface area contributed by atoms with E-state index in [0.29, 0.717) is 25.7 Å². The van der Waals surface area contributed by atoms with Gasteiger partial charge < -0.3 is 5.32 Å². The Morgan fingerprint density at radius 1 is 1.30 bits per heavy atom. The first-order chi connectivity index (χ1) is 9.48. The average Bonchev–Trinajstić information content (AvgIpc) is 3.21. The van der Waals surface area contributed by atoms with Gasteiger partial charge in [0.15, 0.2) is 0 Å². The fourth-order valence-corrected chi connectivity index (χ4v) is 3.62. The predicted molar refractivity (Wildman–Crippen MR) is 76.4 cm³/mol. The zero-order chi connectivity index (χ0) is 14.8. The molecule has 0 amide bonds. The van der Waals surface area contributed by atoms with Crippen molar-refractivity contribution in [2.75, 3.05) is 13.1 Å². The Morgan fingerprint density at radius 3 is 2.45 bits per heavy atom. The molecule has 0 aromatic heterocycles. The number of rotatable bonds is 7. The van der Waals surface area contributed by atoms with Crippen LogP contribution in [-0.2, 0) is 16.6 Å². The first kappa shape index (κ1) is 15.4. The van der Waals surface area contributed by atoms with Crippen molar-refractivity contribution in [2.24, 2.45) is 0 Å². The summed E-state index contributed by atoms with van der Waals surface area (Å²) in [5.41, 5.74) is 0.771. The molecule has 112 valence electrons. The molecule has 0 saturated heterocycles. The van der Waals surface area contributed by atoms with E-state index in [1.54, 1.807) is 19.9 Å². The predicted octanol–water partition coefficient (Wildman–Crippen LogP) is 2.11. The summed E-state index contributed by atoms with van der Waals surface area (Å²) >= 11 is 0. The highest BCUT2D eigenvalue weighted by atomic mass is 32.2. The molecule has 0 heterocycles. The number of hydrogen-bond donors (Lipinski definition) is 1. The summed E-state index contributed by atoms with van der Waals surface area (Å²) in [4.78, 5) is -0.239. The van der Waals surface area contributed by atoms with Crippen LogP contribution in [-0.4, -0.2) is 31.9 Å². The lowest BCUT2D eigenvalue weighted by Crippen LogP contribution is -2.31. The summed E-state index contributed by atoms with van der Waals surface area (Å²) in [5, 5.41) is 3.28. The van der Waals surface area contributed by atoms with E-state index in [0.717, 1.165) is 18.4 Å². The van der Waals surface area contributed by atoms with E-state index in [2.05, 4.69) is 5.32 Å². The van der Waals surface area contributed by atoms with Crippen LogP contribution in [0.4, 0.5) is 4.39 Å². The third-order valence-corrected chi connectivity index (χ3v) is 5.57. The van der Waals surface area contributed by atoms with Crippen LogP contribution in [0.1, 0.15) is 32.3 Å². The standard InChI is InChI=1S/C14H21FN2O2S/c1-3-17(4-2)20(18,19)14-8-5-11(9-13(14)15)10-16-12-6-7-12/h5,8-9,12,16H,3-4,6-7,10H2,1-2H3. The maximum atomic E-state index is 14.1. The molecule has 0 bridgehead atoms. The van der Waals surface area contributed by atoms with Crippen molar-refractivity contribution in [3.05, 3.63) is 29.6 Å². The van der Waals surface area contributed by atoms with Crippen molar-refractivity contribution in [2.45, 2.75) is 44.2 Å². The molecule has 0 radical (unpaired) electrons. The molecule has 4 nitrogen and oxygen atoms in total. The zero-order valence-electron chi connectivity index (χ0n) is 11.9. The third-order valence-electron chi connectivity index (χ3n) is 3.49. The van der Waals surface area contributed by atoms with Gasteiger partial charge in [-0.3, -0.25) is 0 Å². The molecule has 1 aromatic rings. The molecule has 0 spiro atoms. The van der Waals surface area contributed by atoms with E-state index in [1.165, 1.54) is 16.4 Å². The Hall–Kier alpha value is -0.980. The molecule has 1 fully saturated rings. The van der Waals surface area contributed by atoms with Crippen molar-refractivity contribution in [3.8, 4) is 0 Å². The summed E-state index contributed by atoms with van der Waals surface area (Å²) in [6.07, 6.45) is 2.33. The summed E-state index contributed by atoms with van der Waals surface area (Å²) in [7, 11) is -3.73. The van der Waals surface area contributed by atoms with Gasteiger partial charge in [-0.25, -0.2) is 12.8 Å². The highest BCUT2D eigenvalue weighted by Crippen LogP contribution is 2.22. The topological polar surface area (TPSA) is 49.4 Å². The normalized spacial score (nSPS) is 15.8. The first-order valence-electron chi connectivity index (χ1n) is 7.01. The molecule has 1 aliphatic rings. The van der Waals surface area contributed by atoms with Crippen molar-refractivity contribution < 1.29 is 12.8 Å². The molecule has 6 heteroatoms. The second kappa shape index (κ2) is 6.20. The Bertz CT molecular complexity index is 567. The number of sulfonamides is 1. The van der Waals surface area contributed by atoms with Crippen molar-refractivity contribution in [1.29, 1.82) is 0 Å². The minimum atomic E-state index is -3.73. The van der Waals surface area contributed by atoms with Crippen molar-refractivity contribution >= 4 is 10.0 Å². The maximum absolute atomic E-state index is 14.1. The van der Waals surface area contributed by atoms with Crippen LogP contribution in [0.25, 0.3) is 0 Å². The molecular formula is C14H21FN2O2S. The van der Waals surface area contributed by atoms with Crippen LogP contribution in [0.5, 0.6) is 0 Å². The molecule has 0 atom stereocenters. The number of nitrogens with zero attached hydrogens (tertiary/aromatic N) is 1. The zero-order valence-corrected chi connectivity index (χ0v) is 12.7. The van der Waals surface area contributed by atoms with E-state index >= 15 is 0 Å². The third kappa shape index (κ3) is 3.37. The van der Waals surface area contributed by atoms with Crippen LogP contribution >= 0.6 is 0 Å². The van der Waals surface area contributed by atoms with E-state index < -0.39 is 15.8 Å². The van der Waals surface area contributed by atoms with Crippen LogP contribution < -0.4 is 5.32 Å². The largest absolute Gasteiger partial charge is 0.310 e. The Balaban J connectivity index is 2.19. The first-order valence-corrected chi connectivity index (χ1v) is 8.45. The minimum Gasteiger partial charge on any atom is -0.310 e. The number of hydrogen-bond acceptors (Lipinski definition) is 3. The summed E-state index contributed by atoms with van der Waals surface area (Å²) in [6, 6.07) is 4.89. The van der Waals surface area contributed by atoms with E-state index in [1.807, 2.05) is 0 Å². The fourth-order valence-electron chi connectivity index (χ4n) is 2.12. The highest BCUT2D eigenvalue weighted by molar-refractivity contribution is 7.89. The molecule has 20 heavy (non-hydrogen) atoms. The van der Waals surface area contributed by atoms with Crippen LogP contribution in [0.3, 0.4) is 0 Å². The van der Waals surface area contributed by atoms with E-state index in [4.69, 9.17) is 0 Å². The van der Waals surface area contributed by atoms with Crippen molar-refractivity contribution in [3.63, 3.8) is 0 Å². The molecule has 1 aromatic carbocycles. The molecule has 0 unspecified atom stereocenters. The lowest BCUT2D eigenvalue weighted by molar-refractivity contribution is 0.440. The Morgan fingerprint density at radius 2 is 1.95 bits per heavy atom. The van der Waals surface area contributed by atoms with Gasteiger partial charge in [0, 0.05) is 25.7 Å². The van der Waals surface area contributed by atoms with Gasteiger partial charge in [-0.15, -0.1) is 0 Å². The van der Waals surface area contributed by atoms with Gasteiger partial charge in [0.05, 0.1) is 0 Å². The maximum Gasteiger partial charge on any atom is 0.245 e. The second-order valence-electron chi connectivity index (χ2n) is 5.01. The van der Waals surface area contributed by atoms with Crippen molar-refractivity contribution in [1.82, 2.24) is 9.62 Å². The minimum absolute atomic E-state index is 0.239. The molecule has 1 saturated carbocycles. The molecule has 1 aliphatic carbocycles. The quantitative estimate of drug-likeness (QED) is 0.839. The molecular weight excluding hydrogens is 279 g/mol. The van der Waals surface area contributed by atoms with Gasteiger partial charge in [0.2, 0.25) is 10.0 Å². The lowest BCUT2D eigenvalue weighted by Gasteiger charge is -2.19. The summed E-state index contributed by atoms with van der Waals surface area (Å²) in [5.74, 6) is -0.674. The average molecular weight is 300 g/mol. The van der Waals surface area contributed by atoms with Gasteiger partial charge in [0.25, 0.3) is 0 Å². The summed E-state index contributed by atoms with van der Waals surface area (Å²) in [6.45, 7) is 4.74. The number of halogens is 1. The SMILES string of the molecule is CCN(CC)S(=O)(=O)c1ccc(CNC2CC2)cc1F. The smallest absolute Gasteiger partial charge is 0.245 e.